The molecule has 0 aromatic rings. The molecule has 6 heteroatoms. The third kappa shape index (κ3) is 66.7. The van der Waals surface area contributed by atoms with Crippen molar-refractivity contribution in [3.05, 3.63) is 48.6 Å². The first-order chi connectivity index (χ1) is 42.5. The molecule has 508 valence electrons. The van der Waals surface area contributed by atoms with Crippen molar-refractivity contribution >= 4 is 5.91 Å². The molecule has 5 N–H and O–H groups in total. The van der Waals surface area contributed by atoms with Gasteiger partial charge in [-0.25, -0.2) is 0 Å². The Hall–Kier alpha value is -1.73. The van der Waals surface area contributed by atoms with Crippen LogP contribution in [-0.4, -0.2) is 57.3 Å². The Bertz CT molecular complexity index is 1410. The Morgan fingerprint density at radius 2 is 0.523 bits per heavy atom. The molecular formula is C80H153NO5. The minimum atomic E-state index is -1.29. The fourth-order valence-electron chi connectivity index (χ4n) is 12.5. The van der Waals surface area contributed by atoms with Crippen LogP contribution in [0.25, 0.3) is 0 Å². The van der Waals surface area contributed by atoms with Gasteiger partial charge in [0, 0.05) is 0 Å². The maximum atomic E-state index is 12.7. The number of amides is 1. The molecule has 0 saturated carbocycles. The van der Waals surface area contributed by atoms with E-state index in [0.717, 1.165) is 44.9 Å². The lowest BCUT2D eigenvalue weighted by molar-refractivity contribution is -0.132. The second-order valence-electron chi connectivity index (χ2n) is 27.0. The van der Waals surface area contributed by atoms with Gasteiger partial charge >= 0.3 is 0 Å². The molecule has 1 amide bonds. The molecule has 4 atom stereocenters. The van der Waals surface area contributed by atoms with E-state index in [9.17, 15) is 25.2 Å². The van der Waals surface area contributed by atoms with Gasteiger partial charge in [0.05, 0.1) is 18.8 Å². The standard InChI is InChI=1S/C80H153NO5/c1-3-5-7-9-11-13-15-17-19-21-23-25-27-29-31-33-35-37-38-39-40-41-42-44-46-48-50-52-54-56-58-60-62-64-66-68-70-72-74-78(84)80(86)81-76(75-82)79(85)77(83)73-71-69-67-65-63-61-59-57-55-53-51-49-47-45-43-36-34-32-30-28-26-24-22-20-18-16-14-12-10-8-6-4-2/h35,37,39-40,57,59,65,67,76-79,82-85H,3-34,36,38,41-56,58,60-64,66,68-75H2,1-2H3,(H,81,86)/b37-35-,40-39-,59-57+,67-65+. The minimum Gasteiger partial charge on any atom is -0.394 e. The first kappa shape index (κ1) is 84.3. The third-order valence-electron chi connectivity index (χ3n) is 18.5. The van der Waals surface area contributed by atoms with Crippen molar-refractivity contribution in [3.8, 4) is 0 Å². The number of rotatable bonds is 73. The quantitative estimate of drug-likeness (QED) is 0.0308. The third-order valence-corrected chi connectivity index (χ3v) is 18.5. The van der Waals surface area contributed by atoms with Crippen LogP contribution in [0.3, 0.4) is 0 Å². The van der Waals surface area contributed by atoms with E-state index in [-0.39, 0.29) is 0 Å². The molecule has 0 aliphatic heterocycles. The van der Waals surface area contributed by atoms with Crippen LogP contribution in [0.15, 0.2) is 48.6 Å². The Labute approximate surface area is 538 Å². The number of carbonyl (C=O) groups is 1. The number of aliphatic hydroxyl groups excluding tert-OH is 4. The molecule has 0 bridgehead atoms. The number of hydrogen-bond donors (Lipinski definition) is 5. The molecule has 0 aliphatic carbocycles. The second kappa shape index (κ2) is 74.0. The number of aliphatic hydroxyl groups is 4. The van der Waals surface area contributed by atoms with Crippen molar-refractivity contribution in [2.75, 3.05) is 6.61 Å². The average Bonchev–Trinajstić information content (AvgIpc) is 3.73. The van der Waals surface area contributed by atoms with Crippen LogP contribution < -0.4 is 5.32 Å². The monoisotopic (exact) mass is 1210 g/mol. The number of unbranched alkanes of at least 4 members (excludes halogenated alkanes) is 56. The number of nitrogens with one attached hydrogen (secondary N) is 1. The van der Waals surface area contributed by atoms with Crippen LogP contribution in [0.4, 0.5) is 0 Å². The zero-order valence-electron chi connectivity index (χ0n) is 58.1. The summed E-state index contributed by atoms with van der Waals surface area (Å²) >= 11 is 0. The minimum absolute atomic E-state index is 0.361. The van der Waals surface area contributed by atoms with Crippen molar-refractivity contribution in [3.63, 3.8) is 0 Å². The van der Waals surface area contributed by atoms with Gasteiger partial charge in [-0.15, -0.1) is 0 Å². The summed E-state index contributed by atoms with van der Waals surface area (Å²) in [6.07, 6.45) is 98.5. The van der Waals surface area contributed by atoms with Gasteiger partial charge in [-0.05, 0) is 83.5 Å². The summed E-state index contributed by atoms with van der Waals surface area (Å²) in [4.78, 5) is 12.7. The van der Waals surface area contributed by atoms with Gasteiger partial charge in [0.2, 0.25) is 5.91 Å². The largest absolute Gasteiger partial charge is 0.394 e. The Balaban J connectivity index is 3.56. The molecule has 0 saturated heterocycles. The molecule has 0 aliphatic rings. The highest BCUT2D eigenvalue weighted by Gasteiger charge is 2.28. The summed E-state index contributed by atoms with van der Waals surface area (Å²) in [6, 6.07) is -1.01. The van der Waals surface area contributed by atoms with Crippen molar-refractivity contribution in [2.24, 2.45) is 0 Å². The Morgan fingerprint density at radius 3 is 0.802 bits per heavy atom. The first-order valence-corrected chi connectivity index (χ1v) is 39.0. The maximum Gasteiger partial charge on any atom is 0.249 e. The average molecular weight is 1210 g/mol. The molecule has 6 nitrogen and oxygen atoms in total. The van der Waals surface area contributed by atoms with E-state index in [2.05, 4.69) is 67.8 Å². The number of allylic oxidation sites excluding steroid dienone is 8. The summed E-state index contributed by atoms with van der Waals surface area (Å²) in [5.74, 6) is -0.592. The van der Waals surface area contributed by atoms with E-state index in [4.69, 9.17) is 0 Å². The van der Waals surface area contributed by atoms with Gasteiger partial charge in [0.25, 0.3) is 0 Å². The molecule has 0 aromatic heterocycles. The predicted molar refractivity (Wildman–Crippen MR) is 380 cm³/mol. The highest BCUT2D eigenvalue weighted by atomic mass is 16.3. The lowest BCUT2D eigenvalue weighted by atomic mass is 10.00. The Morgan fingerprint density at radius 1 is 0.291 bits per heavy atom. The molecule has 0 heterocycles. The van der Waals surface area contributed by atoms with Crippen LogP contribution in [-0.2, 0) is 4.79 Å². The molecular weight excluding hydrogens is 1050 g/mol. The zero-order chi connectivity index (χ0) is 62.2. The molecule has 0 aromatic carbocycles. The molecule has 0 rings (SSSR count). The summed E-state index contributed by atoms with van der Waals surface area (Å²) in [7, 11) is 0. The van der Waals surface area contributed by atoms with Gasteiger partial charge in [-0.1, -0.05) is 390 Å². The highest BCUT2D eigenvalue weighted by molar-refractivity contribution is 5.80. The van der Waals surface area contributed by atoms with E-state index >= 15 is 0 Å². The van der Waals surface area contributed by atoms with Gasteiger partial charge in [0.1, 0.15) is 12.2 Å². The zero-order valence-corrected chi connectivity index (χ0v) is 58.1. The smallest absolute Gasteiger partial charge is 0.249 e. The Kier molecular flexibility index (Phi) is 72.5. The number of hydrogen-bond acceptors (Lipinski definition) is 5. The lowest BCUT2D eigenvalue weighted by Crippen LogP contribution is -2.53. The summed E-state index contributed by atoms with van der Waals surface area (Å²) in [6.45, 7) is 4.10. The molecule has 0 radical (unpaired) electrons. The van der Waals surface area contributed by atoms with Crippen LogP contribution in [0, 0.1) is 0 Å². The van der Waals surface area contributed by atoms with Crippen LogP contribution >= 0.6 is 0 Å². The lowest BCUT2D eigenvalue weighted by Gasteiger charge is -2.27. The van der Waals surface area contributed by atoms with E-state index in [1.54, 1.807) is 0 Å². The second-order valence-corrected chi connectivity index (χ2v) is 27.0. The predicted octanol–water partition coefficient (Wildman–Crippen LogP) is 24.8. The molecule has 0 fully saturated rings. The topological polar surface area (TPSA) is 110 Å². The van der Waals surface area contributed by atoms with Gasteiger partial charge in [-0.2, -0.15) is 0 Å². The fourth-order valence-corrected chi connectivity index (χ4v) is 12.5. The van der Waals surface area contributed by atoms with Crippen molar-refractivity contribution in [2.45, 2.75) is 449 Å². The van der Waals surface area contributed by atoms with Crippen molar-refractivity contribution in [1.29, 1.82) is 0 Å². The van der Waals surface area contributed by atoms with Crippen LogP contribution in [0.2, 0.25) is 0 Å². The van der Waals surface area contributed by atoms with E-state index in [1.807, 2.05) is 0 Å². The van der Waals surface area contributed by atoms with Gasteiger partial charge in [-0.3, -0.25) is 4.79 Å². The normalized spacial score (nSPS) is 13.6. The summed E-state index contributed by atoms with van der Waals surface area (Å²) in [5, 5.41) is 44.3. The van der Waals surface area contributed by atoms with Gasteiger partial charge in [0.15, 0.2) is 0 Å². The van der Waals surface area contributed by atoms with E-state index < -0.39 is 36.9 Å². The molecule has 4 unspecified atom stereocenters. The molecule has 86 heavy (non-hydrogen) atoms. The van der Waals surface area contributed by atoms with Crippen molar-refractivity contribution in [1.82, 2.24) is 5.32 Å². The van der Waals surface area contributed by atoms with Crippen LogP contribution in [0.1, 0.15) is 425 Å². The van der Waals surface area contributed by atoms with E-state index in [0.29, 0.717) is 19.3 Å². The van der Waals surface area contributed by atoms with Crippen molar-refractivity contribution < 1.29 is 25.2 Å². The summed E-state index contributed by atoms with van der Waals surface area (Å²) in [5.41, 5.74) is 0. The maximum absolute atomic E-state index is 12.7. The molecule has 0 spiro atoms. The fraction of sp³-hybridized carbons (Fsp3) is 0.887. The number of carbonyl (C=O) groups excluding carboxylic acids is 1. The SMILES string of the molecule is CCCCCCCCCCCCCCCCC/C=C\C/C=C\CCCCCCCCCCCCCCCCCCC(O)C(=O)NC(CO)C(O)C(O)CCC/C=C/CC/C=C/CCCCCCCCCCCCCCCCCCCCCCCCC. The van der Waals surface area contributed by atoms with Gasteiger partial charge < -0.3 is 25.7 Å². The highest BCUT2D eigenvalue weighted by Crippen LogP contribution is 2.20. The summed E-state index contributed by atoms with van der Waals surface area (Å²) < 4.78 is 0. The first-order valence-electron chi connectivity index (χ1n) is 39.0. The van der Waals surface area contributed by atoms with E-state index in [1.165, 1.54) is 347 Å². The van der Waals surface area contributed by atoms with Crippen LogP contribution in [0.5, 0.6) is 0 Å².